The summed E-state index contributed by atoms with van der Waals surface area (Å²) in [4.78, 5) is 49.7. The third-order valence-electron chi connectivity index (χ3n) is 4.25. The summed E-state index contributed by atoms with van der Waals surface area (Å²) in [6.45, 7) is -0.942. The van der Waals surface area contributed by atoms with Gasteiger partial charge in [0.2, 0.25) is 5.91 Å². The normalized spacial score (nSPS) is 10.5. The van der Waals surface area contributed by atoms with Crippen molar-refractivity contribution in [1.29, 1.82) is 0 Å². The second-order valence-electron chi connectivity index (χ2n) is 6.42. The molecule has 1 aromatic heterocycles. The number of hydrogen-bond donors (Lipinski definition) is 2. The number of nitrogens with zero attached hydrogens (tertiary/aromatic N) is 2. The summed E-state index contributed by atoms with van der Waals surface area (Å²) in [6.07, 6.45) is 0. The Kier molecular flexibility index (Phi) is 6.88. The summed E-state index contributed by atoms with van der Waals surface area (Å²) in [6, 6.07) is 11.1. The number of carbonyl (C=O) groups is 3. The van der Waals surface area contributed by atoms with Crippen LogP contribution in [0.2, 0.25) is 10.0 Å². The predicted molar refractivity (Wildman–Crippen MR) is 115 cm³/mol. The van der Waals surface area contributed by atoms with E-state index in [2.05, 4.69) is 15.5 Å². The number of nitrogens with one attached hydrogen (secondary N) is 2. The Balaban J connectivity index is 1.59. The minimum Gasteiger partial charge on any atom is -0.451 e. The van der Waals surface area contributed by atoms with Crippen LogP contribution in [0.25, 0.3) is 10.8 Å². The van der Waals surface area contributed by atoms with Gasteiger partial charge in [0.05, 0.1) is 27.7 Å². The zero-order valence-corrected chi connectivity index (χ0v) is 17.7. The van der Waals surface area contributed by atoms with Crippen molar-refractivity contribution in [3.05, 3.63) is 68.6 Å². The highest BCUT2D eigenvalue weighted by Gasteiger charge is 2.20. The van der Waals surface area contributed by atoms with Gasteiger partial charge in [-0.25, -0.2) is 9.89 Å². The van der Waals surface area contributed by atoms with Crippen LogP contribution in [-0.2, 0) is 14.3 Å². The number of fused-ring (bicyclic) bond motifs is 1. The number of carbonyl (C=O) groups excluding carboxylic acids is 3. The first-order valence-corrected chi connectivity index (χ1v) is 9.66. The predicted octanol–water partition coefficient (Wildman–Crippen LogP) is 2.48. The average molecular weight is 463 g/mol. The van der Waals surface area contributed by atoms with Crippen LogP contribution in [0, 0.1) is 0 Å². The Morgan fingerprint density at radius 3 is 2.39 bits per heavy atom. The fraction of sp³-hybridized carbons (Fsp3) is 0.150. The average Bonchev–Trinajstić information content (AvgIpc) is 2.75. The maximum absolute atomic E-state index is 12.3. The molecule has 0 atom stereocenters. The molecule has 0 fully saturated rings. The zero-order chi connectivity index (χ0) is 22.5. The van der Waals surface area contributed by atoms with Crippen LogP contribution in [0.5, 0.6) is 0 Å². The number of halogens is 2. The second-order valence-corrected chi connectivity index (χ2v) is 7.23. The number of amides is 2. The van der Waals surface area contributed by atoms with Crippen LogP contribution in [0.1, 0.15) is 10.5 Å². The Bertz CT molecular complexity index is 1210. The van der Waals surface area contributed by atoms with Crippen LogP contribution in [0.4, 0.5) is 5.69 Å². The van der Waals surface area contributed by atoms with Crippen LogP contribution in [0.15, 0.2) is 47.3 Å². The van der Waals surface area contributed by atoms with Crippen LogP contribution < -0.4 is 10.9 Å². The third kappa shape index (κ3) is 5.19. The monoisotopic (exact) mass is 462 g/mol. The first kappa shape index (κ1) is 22.3. The molecule has 0 aliphatic heterocycles. The maximum Gasteiger partial charge on any atom is 0.359 e. The van der Waals surface area contributed by atoms with E-state index in [4.69, 9.17) is 27.9 Å². The molecule has 11 heteroatoms. The van der Waals surface area contributed by atoms with E-state index in [0.717, 1.165) is 4.90 Å². The Morgan fingerprint density at radius 2 is 1.71 bits per heavy atom. The third-order valence-corrected chi connectivity index (χ3v) is 4.88. The van der Waals surface area contributed by atoms with Crippen LogP contribution >= 0.6 is 23.2 Å². The number of anilines is 1. The number of esters is 1. The smallest absolute Gasteiger partial charge is 0.359 e. The van der Waals surface area contributed by atoms with Crippen molar-refractivity contribution in [1.82, 2.24) is 15.1 Å². The summed E-state index contributed by atoms with van der Waals surface area (Å²) < 4.78 is 5.01. The number of para-hydroxylation sites is 1. The molecule has 2 amide bonds. The first-order valence-electron chi connectivity index (χ1n) is 8.90. The fourth-order valence-electron chi connectivity index (χ4n) is 2.68. The number of hydrogen-bond acceptors (Lipinski definition) is 6. The minimum absolute atomic E-state index is 0.128. The van der Waals surface area contributed by atoms with Gasteiger partial charge in [0, 0.05) is 12.4 Å². The maximum atomic E-state index is 12.3. The van der Waals surface area contributed by atoms with E-state index < -0.39 is 29.9 Å². The van der Waals surface area contributed by atoms with Gasteiger partial charge in [0.25, 0.3) is 11.5 Å². The van der Waals surface area contributed by atoms with Crippen molar-refractivity contribution in [2.75, 3.05) is 25.5 Å². The number of benzene rings is 2. The van der Waals surface area contributed by atoms with E-state index >= 15 is 0 Å². The molecule has 0 radical (unpaired) electrons. The van der Waals surface area contributed by atoms with E-state index in [0.29, 0.717) is 5.39 Å². The van der Waals surface area contributed by atoms with E-state index in [1.54, 1.807) is 36.4 Å². The van der Waals surface area contributed by atoms with Crippen molar-refractivity contribution in [3.8, 4) is 0 Å². The standard InChI is InChI=1S/C20H16Cl2N4O5/c1-26(9-15(27)23-18-13(21)7-4-8-14(18)22)16(28)10-31-20(30)17-11-5-2-3-6-12(11)19(29)25-24-17/h2-8H,9-10H2,1H3,(H,23,27)(H,25,29). The highest BCUT2D eigenvalue weighted by Crippen LogP contribution is 2.29. The first-order chi connectivity index (χ1) is 14.8. The number of aromatic nitrogens is 2. The van der Waals surface area contributed by atoms with Crippen molar-refractivity contribution in [2.45, 2.75) is 0 Å². The Labute approximate surface area is 185 Å². The van der Waals surface area contributed by atoms with Crippen molar-refractivity contribution in [2.24, 2.45) is 0 Å². The van der Waals surface area contributed by atoms with Gasteiger partial charge >= 0.3 is 5.97 Å². The van der Waals surface area contributed by atoms with Gasteiger partial charge in [-0.1, -0.05) is 47.5 Å². The summed E-state index contributed by atoms with van der Waals surface area (Å²) >= 11 is 12.0. The molecule has 0 saturated carbocycles. The molecule has 3 aromatic rings. The summed E-state index contributed by atoms with van der Waals surface area (Å²) in [7, 11) is 1.37. The molecule has 0 aliphatic rings. The number of ether oxygens (including phenoxy) is 1. The summed E-state index contributed by atoms with van der Waals surface area (Å²) in [5.41, 5.74) is -0.344. The van der Waals surface area contributed by atoms with E-state index in [1.165, 1.54) is 13.1 Å². The molecule has 9 nitrogen and oxygen atoms in total. The highest BCUT2D eigenvalue weighted by atomic mass is 35.5. The molecule has 0 saturated heterocycles. The summed E-state index contributed by atoms with van der Waals surface area (Å²) in [5.74, 6) is -2.05. The van der Waals surface area contributed by atoms with Gasteiger partial charge in [-0.05, 0) is 18.2 Å². The van der Waals surface area contributed by atoms with Gasteiger partial charge in [-0.3, -0.25) is 14.4 Å². The molecule has 31 heavy (non-hydrogen) atoms. The highest BCUT2D eigenvalue weighted by molar-refractivity contribution is 6.39. The van der Waals surface area contributed by atoms with Crippen molar-refractivity contribution in [3.63, 3.8) is 0 Å². The number of aromatic amines is 1. The molecule has 1 heterocycles. The molecule has 0 spiro atoms. The minimum atomic E-state index is -0.887. The van der Waals surface area contributed by atoms with Crippen LogP contribution in [-0.4, -0.2) is 53.1 Å². The molecule has 3 rings (SSSR count). The van der Waals surface area contributed by atoms with E-state index in [-0.39, 0.29) is 33.4 Å². The lowest BCUT2D eigenvalue weighted by molar-refractivity contribution is -0.136. The van der Waals surface area contributed by atoms with Gasteiger partial charge in [-0.15, -0.1) is 0 Å². The molecule has 2 aromatic carbocycles. The lowest BCUT2D eigenvalue weighted by Gasteiger charge is -2.17. The SMILES string of the molecule is CN(CC(=O)Nc1c(Cl)cccc1Cl)C(=O)COC(=O)c1n[nH]c(=O)c2ccccc12. The van der Waals surface area contributed by atoms with Gasteiger partial charge < -0.3 is 15.0 Å². The Hall–Kier alpha value is -3.43. The quantitative estimate of drug-likeness (QED) is 0.542. The molecule has 2 N–H and O–H groups in total. The number of H-pyrrole nitrogens is 1. The molecule has 0 bridgehead atoms. The molecular formula is C20H16Cl2N4O5. The zero-order valence-electron chi connectivity index (χ0n) is 16.1. The molecule has 0 aliphatic carbocycles. The van der Waals surface area contributed by atoms with Crippen LogP contribution in [0.3, 0.4) is 0 Å². The number of rotatable bonds is 6. The second kappa shape index (κ2) is 9.59. The summed E-state index contributed by atoms with van der Waals surface area (Å²) in [5, 5.41) is 9.54. The molecule has 0 unspecified atom stereocenters. The fourth-order valence-corrected chi connectivity index (χ4v) is 3.17. The lowest BCUT2D eigenvalue weighted by Crippen LogP contribution is -2.37. The molecule has 160 valence electrons. The molecular weight excluding hydrogens is 447 g/mol. The topological polar surface area (TPSA) is 121 Å². The van der Waals surface area contributed by atoms with E-state index in [1.807, 2.05) is 0 Å². The van der Waals surface area contributed by atoms with Gasteiger partial charge in [-0.2, -0.15) is 5.10 Å². The largest absolute Gasteiger partial charge is 0.451 e. The van der Waals surface area contributed by atoms with E-state index in [9.17, 15) is 19.2 Å². The Morgan fingerprint density at radius 1 is 1.06 bits per heavy atom. The van der Waals surface area contributed by atoms with Gasteiger partial charge in [0.15, 0.2) is 12.3 Å². The number of likely N-dealkylation sites (N-methyl/N-ethyl adjacent to an activating group) is 1. The lowest BCUT2D eigenvalue weighted by atomic mass is 10.1. The van der Waals surface area contributed by atoms with Crippen molar-refractivity contribution < 1.29 is 19.1 Å². The van der Waals surface area contributed by atoms with Crippen molar-refractivity contribution >= 4 is 57.4 Å². The van der Waals surface area contributed by atoms with Gasteiger partial charge in [0.1, 0.15) is 0 Å².